The molecule has 1 aliphatic rings. The van der Waals surface area contributed by atoms with Crippen LogP contribution in [0, 0.1) is 6.92 Å². The van der Waals surface area contributed by atoms with Gasteiger partial charge in [0.15, 0.2) is 0 Å². The Kier molecular flexibility index (Phi) is 3.71. The molecular weight excluding hydrogens is 244 g/mol. The van der Waals surface area contributed by atoms with Crippen molar-refractivity contribution < 1.29 is 19.7 Å². The van der Waals surface area contributed by atoms with Crippen LogP contribution in [0.4, 0.5) is 0 Å². The second-order valence-electron chi connectivity index (χ2n) is 4.17. The van der Waals surface area contributed by atoms with Gasteiger partial charge in [-0.25, -0.2) is 4.79 Å². The molecule has 0 saturated heterocycles. The Morgan fingerprint density at radius 3 is 2.26 bits per heavy atom. The Labute approximate surface area is 110 Å². The van der Waals surface area contributed by atoms with Gasteiger partial charge in [0.05, 0.1) is 0 Å². The van der Waals surface area contributed by atoms with Gasteiger partial charge in [-0.3, -0.25) is 0 Å². The minimum atomic E-state index is -1.10. The number of fused-ring (bicyclic) bond motifs is 1. The number of aryl methyl sites for hydroxylation is 1. The lowest BCUT2D eigenvalue weighted by atomic mass is 10.1. The van der Waals surface area contributed by atoms with Gasteiger partial charge in [0.25, 0.3) is 0 Å². The average Bonchev–Trinajstić information content (AvgIpc) is 2.31. The summed E-state index contributed by atoms with van der Waals surface area (Å²) in [7, 11) is 0. The molecule has 2 aromatic rings. The molecule has 4 heteroatoms. The fraction of sp³-hybridized carbons (Fsp3) is 0.133. The average molecular weight is 258 g/mol. The highest BCUT2D eigenvalue weighted by molar-refractivity contribution is 5.92. The maximum Gasteiger partial charge on any atom is 0.339 e. The number of carboxylic acids is 1. The molecule has 0 aliphatic carbocycles. The minimum Gasteiger partial charge on any atom is -0.507 e. The molecule has 0 aromatic heterocycles. The Morgan fingerprint density at radius 2 is 1.89 bits per heavy atom. The number of carboxylic acid groups (broad SMARTS) is 1. The first-order valence-electron chi connectivity index (χ1n) is 5.82. The van der Waals surface area contributed by atoms with E-state index in [1.807, 2.05) is 18.2 Å². The second kappa shape index (κ2) is 5.44. The SMILES string of the molecule is Cc1cccc(O)c1C(=O)O.c1ccc2c(c1)CO2. The number of hydrogen-bond acceptors (Lipinski definition) is 3. The van der Waals surface area contributed by atoms with E-state index in [0.717, 1.165) is 12.4 Å². The summed E-state index contributed by atoms with van der Waals surface area (Å²) >= 11 is 0. The van der Waals surface area contributed by atoms with Crippen LogP contribution in [0.1, 0.15) is 21.5 Å². The van der Waals surface area contributed by atoms with Crippen LogP contribution in [0.5, 0.6) is 11.5 Å². The molecule has 4 nitrogen and oxygen atoms in total. The van der Waals surface area contributed by atoms with Crippen molar-refractivity contribution in [3.05, 3.63) is 59.2 Å². The number of hydrogen-bond donors (Lipinski definition) is 2. The van der Waals surface area contributed by atoms with Crippen LogP contribution < -0.4 is 4.74 Å². The van der Waals surface area contributed by atoms with E-state index in [0.29, 0.717) is 5.56 Å². The van der Waals surface area contributed by atoms with Crippen molar-refractivity contribution >= 4 is 5.97 Å². The number of benzene rings is 2. The summed E-state index contributed by atoms with van der Waals surface area (Å²) < 4.78 is 5.08. The first-order valence-corrected chi connectivity index (χ1v) is 5.82. The van der Waals surface area contributed by atoms with E-state index >= 15 is 0 Å². The Balaban J connectivity index is 0.000000146. The molecule has 0 amide bonds. The maximum atomic E-state index is 10.5. The van der Waals surface area contributed by atoms with Crippen LogP contribution in [0.25, 0.3) is 0 Å². The van der Waals surface area contributed by atoms with E-state index in [9.17, 15) is 4.79 Å². The lowest BCUT2D eigenvalue weighted by Gasteiger charge is -2.18. The molecule has 1 heterocycles. The first kappa shape index (κ1) is 13.0. The van der Waals surface area contributed by atoms with Crippen molar-refractivity contribution in [2.24, 2.45) is 0 Å². The zero-order chi connectivity index (χ0) is 13.8. The van der Waals surface area contributed by atoms with Gasteiger partial charge in [-0.1, -0.05) is 30.3 Å². The fourth-order valence-electron chi connectivity index (χ4n) is 1.77. The number of ether oxygens (including phenoxy) is 1. The second-order valence-corrected chi connectivity index (χ2v) is 4.17. The molecule has 2 aromatic carbocycles. The van der Waals surface area contributed by atoms with Gasteiger partial charge >= 0.3 is 5.97 Å². The van der Waals surface area contributed by atoms with Crippen LogP contribution in [-0.2, 0) is 6.61 Å². The Morgan fingerprint density at radius 1 is 1.16 bits per heavy atom. The summed E-state index contributed by atoms with van der Waals surface area (Å²) in [5, 5.41) is 17.7. The van der Waals surface area contributed by atoms with E-state index in [-0.39, 0.29) is 11.3 Å². The zero-order valence-electron chi connectivity index (χ0n) is 10.5. The number of carbonyl (C=O) groups is 1. The van der Waals surface area contributed by atoms with Crippen LogP contribution in [0.15, 0.2) is 42.5 Å². The molecule has 0 atom stereocenters. The fourth-order valence-corrected chi connectivity index (χ4v) is 1.77. The van der Waals surface area contributed by atoms with E-state index < -0.39 is 5.97 Å². The first-order chi connectivity index (χ1) is 9.09. The van der Waals surface area contributed by atoms with Crippen molar-refractivity contribution in [3.63, 3.8) is 0 Å². The third-order valence-electron chi connectivity index (χ3n) is 2.82. The molecule has 2 N–H and O–H groups in total. The normalized spacial score (nSPS) is 11.2. The number of aromatic hydroxyl groups is 1. The van der Waals surface area contributed by atoms with Gasteiger partial charge < -0.3 is 14.9 Å². The summed E-state index contributed by atoms with van der Waals surface area (Å²) in [5.74, 6) is -0.231. The van der Waals surface area contributed by atoms with E-state index in [1.54, 1.807) is 19.1 Å². The number of rotatable bonds is 1. The summed E-state index contributed by atoms with van der Waals surface area (Å²) in [6.07, 6.45) is 0. The molecule has 0 unspecified atom stereocenters. The van der Waals surface area contributed by atoms with Gasteiger partial charge in [0.1, 0.15) is 23.7 Å². The van der Waals surface area contributed by atoms with Crippen molar-refractivity contribution in [1.29, 1.82) is 0 Å². The van der Waals surface area contributed by atoms with Crippen LogP contribution in [-0.4, -0.2) is 16.2 Å². The predicted octanol–water partition coefficient (Wildman–Crippen LogP) is 2.98. The molecule has 19 heavy (non-hydrogen) atoms. The van der Waals surface area contributed by atoms with Crippen LogP contribution in [0.2, 0.25) is 0 Å². The number of phenols is 1. The summed E-state index contributed by atoms with van der Waals surface area (Å²) in [6, 6.07) is 12.7. The van der Waals surface area contributed by atoms with Gasteiger partial charge in [-0.15, -0.1) is 0 Å². The third kappa shape index (κ3) is 2.85. The molecule has 0 bridgehead atoms. The standard InChI is InChI=1S/C8H8O3.C7H6O/c1-5-3-2-4-6(9)7(5)8(10)11;1-2-4-7-6(3-1)5-8-7/h2-4,9H,1H3,(H,10,11);1-4H,5H2. The van der Waals surface area contributed by atoms with Crippen molar-refractivity contribution in [1.82, 2.24) is 0 Å². The molecule has 0 spiro atoms. The third-order valence-corrected chi connectivity index (χ3v) is 2.82. The van der Waals surface area contributed by atoms with Gasteiger partial charge in [-0.05, 0) is 24.6 Å². The van der Waals surface area contributed by atoms with Crippen molar-refractivity contribution in [2.75, 3.05) is 0 Å². The molecular formula is C15H14O4. The van der Waals surface area contributed by atoms with Gasteiger partial charge in [-0.2, -0.15) is 0 Å². The van der Waals surface area contributed by atoms with Gasteiger partial charge in [0, 0.05) is 5.56 Å². The topological polar surface area (TPSA) is 66.8 Å². The minimum absolute atomic E-state index is 0.0208. The van der Waals surface area contributed by atoms with Gasteiger partial charge in [0.2, 0.25) is 0 Å². The summed E-state index contributed by atoms with van der Waals surface area (Å²) in [5.41, 5.74) is 1.87. The quantitative estimate of drug-likeness (QED) is 0.825. The smallest absolute Gasteiger partial charge is 0.339 e. The lowest BCUT2D eigenvalue weighted by molar-refractivity contribution is 0.0693. The predicted molar refractivity (Wildman–Crippen MR) is 70.6 cm³/mol. The van der Waals surface area contributed by atoms with E-state index in [2.05, 4.69) is 6.07 Å². The molecule has 0 fully saturated rings. The highest BCUT2D eigenvalue weighted by Crippen LogP contribution is 2.27. The highest BCUT2D eigenvalue weighted by Gasteiger charge is 2.11. The van der Waals surface area contributed by atoms with E-state index in [4.69, 9.17) is 14.9 Å². The highest BCUT2D eigenvalue weighted by atomic mass is 16.5. The lowest BCUT2D eigenvalue weighted by Crippen LogP contribution is -2.07. The maximum absolute atomic E-state index is 10.5. The molecule has 1 aliphatic heterocycles. The van der Waals surface area contributed by atoms with Crippen LogP contribution in [0.3, 0.4) is 0 Å². The van der Waals surface area contributed by atoms with Crippen LogP contribution >= 0.6 is 0 Å². The van der Waals surface area contributed by atoms with Crippen molar-refractivity contribution in [2.45, 2.75) is 13.5 Å². The Hall–Kier alpha value is -2.49. The van der Waals surface area contributed by atoms with Crippen molar-refractivity contribution in [3.8, 4) is 11.5 Å². The Bertz CT molecular complexity index is 562. The summed E-state index contributed by atoms with van der Waals surface area (Å²) in [4.78, 5) is 10.5. The molecule has 3 rings (SSSR count). The number of para-hydroxylation sites is 1. The number of aromatic carboxylic acids is 1. The zero-order valence-corrected chi connectivity index (χ0v) is 10.5. The molecule has 98 valence electrons. The monoisotopic (exact) mass is 258 g/mol. The largest absolute Gasteiger partial charge is 0.507 e. The van der Waals surface area contributed by atoms with E-state index in [1.165, 1.54) is 11.6 Å². The molecule has 0 saturated carbocycles. The summed E-state index contributed by atoms with van der Waals surface area (Å²) in [6.45, 7) is 2.44. The molecule has 0 radical (unpaired) electrons.